The SMILES string of the molecule is CCC1CCCN(C(=O)c2nnc(NC)s2)C1. The molecule has 1 saturated heterocycles. The van der Waals surface area contributed by atoms with E-state index < -0.39 is 0 Å². The minimum atomic E-state index is 0.0298. The fourth-order valence-electron chi connectivity index (χ4n) is 2.13. The first-order valence-electron chi connectivity index (χ1n) is 6.05. The topological polar surface area (TPSA) is 58.1 Å². The first-order valence-corrected chi connectivity index (χ1v) is 6.86. The number of carbonyl (C=O) groups excluding carboxylic acids is 1. The molecule has 17 heavy (non-hydrogen) atoms. The number of hydrogen-bond acceptors (Lipinski definition) is 5. The van der Waals surface area contributed by atoms with E-state index in [4.69, 9.17) is 0 Å². The van der Waals surface area contributed by atoms with Crippen LogP contribution in [-0.2, 0) is 0 Å². The van der Waals surface area contributed by atoms with Gasteiger partial charge in [0.05, 0.1) is 0 Å². The maximum absolute atomic E-state index is 12.2. The second-order valence-electron chi connectivity index (χ2n) is 4.33. The number of aromatic nitrogens is 2. The van der Waals surface area contributed by atoms with Crippen molar-refractivity contribution < 1.29 is 4.79 Å². The molecule has 0 saturated carbocycles. The van der Waals surface area contributed by atoms with Crippen molar-refractivity contribution in [3.63, 3.8) is 0 Å². The third kappa shape index (κ3) is 2.74. The highest BCUT2D eigenvalue weighted by Crippen LogP contribution is 2.22. The molecule has 94 valence electrons. The molecule has 0 spiro atoms. The number of piperidine rings is 1. The van der Waals surface area contributed by atoms with Gasteiger partial charge in [-0.1, -0.05) is 24.7 Å². The van der Waals surface area contributed by atoms with Crippen LogP contribution in [0.15, 0.2) is 0 Å². The van der Waals surface area contributed by atoms with Crippen molar-refractivity contribution in [2.75, 3.05) is 25.5 Å². The summed E-state index contributed by atoms with van der Waals surface area (Å²) >= 11 is 1.32. The van der Waals surface area contributed by atoms with Gasteiger partial charge < -0.3 is 10.2 Å². The average Bonchev–Trinajstić information content (AvgIpc) is 2.86. The van der Waals surface area contributed by atoms with Gasteiger partial charge in [0.1, 0.15) is 0 Å². The van der Waals surface area contributed by atoms with Gasteiger partial charge in [-0.3, -0.25) is 4.79 Å². The summed E-state index contributed by atoms with van der Waals surface area (Å²) in [5.74, 6) is 0.673. The van der Waals surface area contributed by atoms with Gasteiger partial charge in [-0.05, 0) is 18.8 Å². The minimum absolute atomic E-state index is 0.0298. The van der Waals surface area contributed by atoms with E-state index in [1.807, 2.05) is 4.90 Å². The van der Waals surface area contributed by atoms with Crippen LogP contribution in [-0.4, -0.2) is 41.1 Å². The second kappa shape index (κ2) is 5.44. The van der Waals surface area contributed by atoms with Gasteiger partial charge in [0, 0.05) is 20.1 Å². The smallest absolute Gasteiger partial charge is 0.284 e. The van der Waals surface area contributed by atoms with Crippen LogP contribution < -0.4 is 5.32 Å². The largest absolute Gasteiger partial charge is 0.363 e. The van der Waals surface area contributed by atoms with Crippen LogP contribution in [0.5, 0.6) is 0 Å². The summed E-state index contributed by atoms with van der Waals surface area (Å²) in [5.41, 5.74) is 0. The molecule has 0 aliphatic carbocycles. The van der Waals surface area contributed by atoms with Crippen LogP contribution in [0, 0.1) is 5.92 Å². The molecule has 1 fully saturated rings. The lowest BCUT2D eigenvalue weighted by Gasteiger charge is -2.31. The van der Waals surface area contributed by atoms with Gasteiger partial charge in [-0.2, -0.15) is 0 Å². The number of amides is 1. The molecule has 1 aliphatic heterocycles. The average molecular weight is 254 g/mol. The quantitative estimate of drug-likeness (QED) is 0.894. The normalized spacial score (nSPS) is 20.4. The molecule has 1 aromatic heterocycles. The lowest BCUT2D eigenvalue weighted by Crippen LogP contribution is -2.39. The Hall–Kier alpha value is -1.17. The molecule has 1 aliphatic rings. The maximum atomic E-state index is 12.2. The van der Waals surface area contributed by atoms with Crippen molar-refractivity contribution >= 4 is 22.4 Å². The number of nitrogens with one attached hydrogen (secondary N) is 1. The van der Waals surface area contributed by atoms with Gasteiger partial charge in [0.25, 0.3) is 5.91 Å². The van der Waals surface area contributed by atoms with Crippen LogP contribution in [0.2, 0.25) is 0 Å². The molecule has 1 unspecified atom stereocenters. The Morgan fingerprint density at radius 1 is 1.59 bits per heavy atom. The number of anilines is 1. The molecule has 1 atom stereocenters. The maximum Gasteiger partial charge on any atom is 0.284 e. The number of likely N-dealkylation sites (tertiary alicyclic amines) is 1. The zero-order chi connectivity index (χ0) is 12.3. The predicted octanol–water partition coefficient (Wildman–Crippen LogP) is 1.84. The van der Waals surface area contributed by atoms with Crippen molar-refractivity contribution in [2.24, 2.45) is 5.92 Å². The van der Waals surface area contributed by atoms with Crippen molar-refractivity contribution in [3.8, 4) is 0 Å². The summed E-state index contributed by atoms with van der Waals surface area (Å²) in [4.78, 5) is 14.1. The molecule has 5 nitrogen and oxygen atoms in total. The highest BCUT2D eigenvalue weighted by atomic mass is 32.1. The molecule has 1 amide bonds. The van der Waals surface area contributed by atoms with Crippen molar-refractivity contribution in [3.05, 3.63) is 5.01 Å². The Balaban J connectivity index is 2.03. The molecule has 0 aromatic carbocycles. The minimum Gasteiger partial charge on any atom is -0.363 e. The molecular weight excluding hydrogens is 236 g/mol. The Labute approximate surface area is 105 Å². The number of carbonyl (C=O) groups is 1. The number of rotatable bonds is 3. The van der Waals surface area contributed by atoms with E-state index in [1.165, 1.54) is 17.8 Å². The Morgan fingerprint density at radius 2 is 2.41 bits per heavy atom. The monoisotopic (exact) mass is 254 g/mol. The number of hydrogen-bond donors (Lipinski definition) is 1. The standard InChI is InChI=1S/C11H18N4OS/c1-3-8-5-4-6-15(7-8)10(16)9-13-14-11(12-2)17-9/h8H,3-7H2,1-2H3,(H,12,14). The van der Waals surface area contributed by atoms with E-state index in [0.717, 1.165) is 25.9 Å². The summed E-state index contributed by atoms with van der Waals surface area (Å²) in [5, 5.41) is 11.9. The van der Waals surface area contributed by atoms with E-state index >= 15 is 0 Å². The van der Waals surface area contributed by atoms with Crippen molar-refractivity contribution in [1.29, 1.82) is 0 Å². The molecule has 2 rings (SSSR count). The molecular formula is C11H18N4OS. The van der Waals surface area contributed by atoms with E-state index in [9.17, 15) is 4.79 Å². The van der Waals surface area contributed by atoms with E-state index in [1.54, 1.807) is 7.05 Å². The summed E-state index contributed by atoms with van der Waals surface area (Å²) in [6.07, 6.45) is 3.47. The lowest BCUT2D eigenvalue weighted by atomic mass is 9.96. The van der Waals surface area contributed by atoms with Gasteiger partial charge in [-0.25, -0.2) is 0 Å². The predicted molar refractivity (Wildman–Crippen MR) is 68.4 cm³/mol. The highest BCUT2D eigenvalue weighted by molar-refractivity contribution is 7.17. The summed E-state index contributed by atoms with van der Waals surface area (Å²) in [6.45, 7) is 3.90. The molecule has 1 N–H and O–H groups in total. The fraction of sp³-hybridized carbons (Fsp3) is 0.727. The van der Waals surface area contributed by atoms with Gasteiger partial charge in [0.2, 0.25) is 10.1 Å². The van der Waals surface area contributed by atoms with Crippen molar-refractivity contribution in [1.82, 2.24) is 15.1 Å². The molecule has 0 bridgehead atoms. The van der Waals surface area contributed by atoms with Crippen LogP contribution in [0.4, 0.5) is 5.13 Å². The molecule has 6 heteroatoms. The third-order valence-corrected chi connectivity index (χ3v) is 4.13. The van der Waals surface area contributed by atoms with Crippen LogP contribution in [0.25, 0.3) is 0 Å². The van der Waals surface area contributed by atoms with E-state index in [-0.39, 0.29) is 5.91 Å². The van der Waals surface area contributed by atoms with Crippen molar-refractivity contribution in [2.45, 2.75) is 26.2 Å². The Morgan fingerprint density at radius 3 is 3.06 bits per heavy atom. The van der Waals surface area contributed by atoms with Crippen LogP contribution in [0.3, 0.4) is 0 Å². The van der Waals surface area contributed by atoms with E-state index in [2.05, 4.69) is 22.4 Å². The molecule has 2 heterocycles. The number of nitrogens with zero attached hydrogens (tertiary/aromatic N) is 3. The van der Waals surface area contributed by atoms with Gasteiger partial charge in [-0.15, -0.1) is 10.2 Å². The first-order chi connectivity index (χ1) is 8.24. The van der Waals surface area contributed by atoms with Gasteiger partial charge >= 0.3 is 0 Å². The summed E-state index contributed by atoms with van der Waals surface area (Å²) in [7, 11) is 1.78. The zero-order valence-electron chi connectivity index (χ0n) is 10.3. The second-order valence-corrected chi connectivity index (χ2v) is 5.31. The molecule has 1 aromatic rings. The van der Waals surface area contributed by atoms with Crippen LogP contribution in [0.1, 0.15) is 36.0 Å². The highest BCUT2D eigenvalue weighted by Gasteiger charge is 2.25. The Kier molecular flexibility index (Phi) is 3.93. The third-order valence-electron chi connectivity index (χ3n) is 3.21. The summed E-state index contributed by atoms with van der Waals surface area (Å²) < 4.78 is 0. The van der Waals surface area contributed by atoms with Gasteiger partial charge in [0.15, 0.2) is 0 Å². The van der Waals surface area contributed by atoms with Crippen LogP contribution >= 0.6 is 11.3 Å². The Bertz CT molecular complexity index is 393. The van der Waals surface area contributed by atoms with E-state index in [0.29, 0.717) is 16.1 Å². The summed E-state index contributed by atoms with van der Waals surface area (Å²) in [6, 6.07) is 0. The molecule has 0 radical (unpaired) electrons. The lowest BCUT2D eigenvalue weighted by molar-refractivity contribution is 0.0670. The fourth-order valence-corrected chi connectivity index (χ4v) is 2.79. The zero-order valence-corrected chi connectivity index (χ0v) is 11.1. The first kappa shape index (κ1) is 12.3.